The molecule has 0 amide bonds. The number of ether oxygens (including phenoxy) is 2. The summed E-state index contributed by atoms with van der Waals surface area (Å²) in [4.78, 5) is 39.2. The molecular weight excluding hydrogens is 450 g/mol. The number of dihydropyridines is 1. The van der Waals surface area contributed by atoms with E-state index in [1.807, 2.05) is 19.9 Å². The van der Waals surface area contributed by atoms with Gasteiger partial charge in [0.1, 0.15) is 12.5 Å². The number of benzene rings is 1. The Labute approximate surface area is 197 Å². The molecular formula is C24H28ClNO5S. The van der Waals surface area contributed by atoms with E-state index in [1.165, 1.54) is 7.11 Å². The van der Waals surface area contributed by atoms with Crippen molar-refractivity contribution in [2.24, 2.45) is 11.8 Å². The highest BCUT2D eigenvalue weighted by atomic mass is 35.5. The summed E-state index contributed by atoms with van der Waals surface area (Å²) in [7, 11) is 1.28. The average molecular weight is 478 g/mol. The number of carbonyl (C=O) groups is 3. The average Bonchev–Trinajstić information content (AvgIpc) is 2.75. The van der Waals surface area contributed by atoms with Gasteiger partial charge in [0.2, 0.25) is 0 Å². The topological polar surface area (TPSA) is 81.7 Å². The molecule has 32 heavy (non-hydrogen) atoms. The van der Waals surface area contributed by atoms with E-state index in [4.69, 9.17) is 21.1 Å². The summed E-state index contributed by atoms with van der Waals surface area (Å²) in [6, 6.07) is 7.09. The number of allylic oxidation sites excluding steroid dienone is 3. The van der Waals surface area contributed by atoms with E-state index in [0.29, 0.717) is 39.6 Å². The molecule has 1 heterocycles. The molecule has 172 valence electrons. The van der Waals surface area contributed by atoms with Crippen molar-refractivity contribution in [1.29, 1.82) is 0 Å². The van der Waals surface area contributed by atoms with Crippen LogP contribution in [0.3, 0.4) is 0 Å². The molecule has 0 saturated heterocycles. The van der Waals surface area contributed by atoms with Gasteiger partial charge in [-0.25, -0.2) is 4.79 Å². The van der Waals surface area contributed by atoms with Crippen LogP contribution in [0.4, 0.5) is 0 Å². The normalized spacial score (nSPS) is 22.9. The van der Waals surface area contributed by atoms with Crippen molar-refractivity contribution in [3.63, 3.8) is 0 Å². The summed E-state index contributed by atoms with van der Waals surface area (Å²) in [6.07, 6.45) is 0.491. The van der Waals surface area contributed by atoms with Crippen molar-refractivity contribution in [3.05, 3.63) is 57.4 Å². The quantitative estimate of drug-likeness (QED) is 0.357. The summed E-state index contributed by atoms with van der Waals surface area (Å²) in [5.41, 5.74) is 2.83. The van der Waals surface area contributed by atoms with E-state index in [2.05, 4.69) is 5.32 Å². The van der Waals surface area contributed by atoms with Gasteiger partial charge >= 0.3 is 11.9 Å². The Morgan fingerprint density at radius 2 is 2.06 bits per heavy atom. The molecule has 6 nitrogen and oxygen atoms in total. The maximum absolute atomic E-state index is 13.6. The van der Waals surface area contributed by atoms with Gasteiger partial charge in [0.25, 0.3) is 0 Å². The molecule has 3 atom stereocenters. The van der Waals surface area contributed by atoms with Gasteiger partial charge in [-0.15, -0.1) is 0 Å². The molecule has 2 aliphatic rings. The lowest BCUT2D eigenvalue weighted by atomic mass is 9.69. The Balaban J connectivity index is 2.07. The largest absolute Gasteiger partial charge is 0.468 e. The van der Waals surface area contributed by atoms with E-state index in [9.17, 15) is 14.4 Å². The van der Waals surface area contributed by atoms with Crippen molar-refractivity contribution in [2.75, 3.05) is 25.2 Å². The van der Waals surface area contributed by atoms with Gasteiger partial charge in [-0.2, -0.15) is 11.8 Å². The Morgan fingerprint density at radius 3 is 2.72 bits per heavy atom. The number of hydrogen-bond donors (Lipinski definition) is 1. The Kier molecular flexibility index (Phi) is 8.06. The zero-order valence-corrected chi connectivity index (χ0v) is 20.3. The molecule has 1 aliphatic heterocycles. The number of hydrogen-bond acceptors (Lipinski definition) is 7. The number of rotatable bonds is 7. The first-order valence-corrected chi connectivity index (χ1v) is 12.2. The van der Waals surface area contributed by atoms with Crippen LogP contribution in [0.15, 0.2) is 46.8 Å². The first kappa shape index (κ1) is 24.4. The van der Waals surface area contributed by atoms with Crippen molar-refractivity contribution in [3.8, 4) is 0 Å². The van der Waals surface area contributed by atoms with Gasteiger partial charge in [0.05, 0.1) is 12.7 Å². The van der Waals surface area contributed by atoms with Crippen LogP contribution in [0, 0.1) is 11.8 Å². The Hall–Kier alpha value is -2.25. The van der Waals surface area contributed by atoms with E-state index < -0.39 is 23.8 Å². The van der Waals surface area contributed by atoms with Gasteiger partial charge in [-0.3, -0.25) is 9.59 Å². The lowest BCUT2D eigenvalue weighted by molar-refractivity contribution is -0.151. The predicted octanol–water partition coefficient (Wildman–Crippen LogP) is 4.25. The predicted molar refractivity (Wildman–Crippen MR) is 125 cm³/mol. The molecule has 1 N–H and O–H groups in total. The summed E-state index contributed by atoms with van der Waals surface area (Å²) in [5, 5.41) is 3.75. The molecule has 1 aromatic rings. The molecule has 0 saturated carbocycles. The van der Waals surface area contributed by atoms with Gasteiger partial charge < -0.3 is 14.8 Å². The fourth-order valence-corrected chi connectivity index (χ4v) is 5.07. The van der Waals surface area contributed by atoms with Crippen LogP contribution in [0.5, 0.6) is 0 Å². The third-order valence-corrected chi connectivity index (χ3v) is 6.91. The number of halogens is 1. The van der Waals surface area contributed by atoms with E-state index >= 15 is 0 Å². The highest BCUT2D eigenvalue weighted by Gasteiger charge is 2.47. The lowest BCUT2D eigenvalue weighted by Crippen LogP contribution is -2.43. The highest BCUT2D eigenvalue weighted by molar-refractivity contribution is 7.99. The van der Waals surface area contributed by atoms with Crippen LogP contribution in [0.1, 0.15) is 38.7 Å². The number of ketones is 1. The van der Waals surface area contributed by atoms with Crippen molar-refractivity contribution >= 4 is 41.1 Å². The SMILES string of the molecule is CCSCCOC(=O)C1=C(C)NC2=C(C(=O)C(C(=O)OC)C(C)C2)C1c1cccc(Cl)c1. The third kappa shape index (κ3) is 4.89. The van der Waals surface area contributed by atoms with Crippen LogP contribution in [-0.2, 0) is 23.9 Å². The number of Topliss-reactive ketones (excluding diaryl/α,β-unsaturated/α-hetero) is 1. The minimum absolute atomic E-state index is 0.228. The Morgan fingerprint density at radius 1 is 1.31 bits per heavy atom. The van der Waals surface area contributed by atoms with Crippen LogP contribution >= 0.6 is 23.4 Å². The van der Waals surface area contributed by atoms with Gasteiger partial charge in [0.15, 0.2) is 5.78 Å². The van der Waals surface area contributed by atoms with E-state index in [-0.39, 0.29) is 18.3 Å². The third-order valence-electron chi connectivity index (χ3n) is 5.81. The van der Waals surface area contributed by atoms with Crippen molar-refractivity contribution in [2.45, 2.75) is 33.1 Å². The molecule has 1 aliphatic carbocycles. The zero-order valence-electron chi connectivity index (χ0n) is 18.7. The molecule has 3 unspecified atom stereocenters. The number of thioether (sulfide) groups is 1. The fourth-order valence-electron chi connectivity index (χ4n) is 4.39. The number of nitrogens with one attached hydrogen (secondary N) is 1. The van der Waals surface area contributed by atoms with E-state index in [1.54, 1.807) is 36.9 Å². The first-order valence-electron chi connectivity index (χ1n) is 10.6. The van der Waals surface area contributed by atoms with Crippen LogP contribution in [0.25, 0.3) is 0 Å². The molecule has 3 rings (SSSR count). The molecule has 0 aromatic heterocycles. The van der Waals surface area contributed by atoms with Crippen LogP contribution in [-0.4, -0.2) is 42.9 Å². The first-order chi connectivity index (χ1) is 15.3. The monoisotopic (exact) mass is 477 g/mol. The smallest absolute Gasteiger partial charge is 0.336 e. The summed E-state index contributed by atoms with van der Waals surface area (Å²) < 4.78 is 10.5. The Bertz CT molecular complexity index is 986. The van der Waals surface area contributed by atoms with Gasteiger partial charge in [0, 0.05) is 33.7 Å². The van der Waals surface area contributed by atoms with Crippen molar-refractivity contribution < 1.29 is 23.9 Å². The summed E-state index contributed by atoms with van der Waals surface area (Å²) >= 11 is 7.94. The van der Waals surface area contributed by atoms with Gasteiger partial charge in [-0.1, -0.05) is 37.6 Å². The number of carbonyl (C=O) groups excluding carboxylic acids is 3. The molecule has 1 aromatic carbocycles. The maximum Gasteiger partial charge on any atom is 0.336 e. The minimum Gasteiger partial charge on any atom is -0.468 e. The van der Waals surface area contributed by atoms with E-state index in [0.717, 1.165) is 11.4 Å². The molecule has 8 heteroatoms. The van der Waals surface area contributed by atoms with Crippen LogP contribution in [0.2, 0.25) is 5.02 Å². The summed E-state index contributed by atoms with van der Waals surface area (Å²) in [6.45, 7) is 5.98. The lowest BCUT2D eigenvalue weighted by Gasteiger charge is -2.38. The maximum atomic E-state index is 13.6. The van der Waals surface area contributed by atoms with Crippen molar-refractivity contribution in [1.82, 2.24) is 5.32 Å². The number of esters is 2. The fraction of sp³-hybridized carbons (Fsp3) is 0.458. The molecule has 0 radical (unpaired) electrons. The molecule has 0 bridgehead atoms. The second-order valence-electron chi connectivity index (χ2n) is 7.92. The van der Waals surface area contributed by atoms with Crippen LogP contribution < -0.4 is 5.32 Å². The standard InChI is InChI=1S/C24H28ClNO5S/c1-5-32-10-9-31-24(29)19-14(3)26-17-11-13(2)18(23(28)30-4)22(27)21(17)20(19)15-7-6-8-16(25)12-15/h6-8,12-13,18,20,26H,5,9-11H2,1-4H3. The second-order valence-corrected chi connectivity index (χ2v) is 9.75. The second kappa shape index (κ2) is 10.6. The zero-order chi connectivity index (χ0) is 23.4. The summed E-state index contributed by atoms with van der Waals surface area (Å²) in [5.74, 6) is -1.57. The minimum atomic E-state index is -0.918. The molecule has 0 fully saturated rings. The number of methoxy groups -OCH3 is 1. The highest BCUT2D eigenvalue weighted by Crippen LogP contribution is 2.45. The van der Waals surface area contributed by atoms with Gasteiger partial charge in [-0.05, 0) is 42.7 Å². The molecule has 0 spiro atoms.